The van der Waals surface area contributed by atoms with Crippen LogP contribution < -0.4 is 10.2 Å². The summed E-state index contributed by atoms with van der Waals surface area (Å²) in [5.41, 5.74) is 2.32. The van der Waals surface area contributed by atoms with Gasteiger partial charge in [-0.2, -0.15) is 0 Å². The lowest BCUT2D eigenvalue weighted by molar-refractivity contribution is 0.122. The van der Waals surface area contributed by atoms with E-state index in [0.29, 0.717) is 19.8 Å². The van der Waals surface area contributed by atoms with Crippen LogP contribution in [0.15, 0.2) is 23.2 Å². The van der Waals surface area contributed by atoms with Crippen molar-refractivity contribution in [2.45, 2.75) is 19.4 Å². The van der Waals surface area contributed by atoms with Crippen molar-refractivity contribution in [3.63, 3.8) is 0 Å². The second-order valence-corrected chi connectivity index (χ2v) is 7.75. The predicted molar refractivity (Wildman–Crippen MR) is 104 cm³/mol. The normalized spacial score (nSPS) is 26.2. The first kappa shape index (κ1) is 18.5. The fraction of sp³-hybridized carbons (Fsp3) is 0.650. The molecule has 1 aromatic carbocycles. The minimum atomic E-state index is -0.206. The summed E-state index contributed by atoms with van der Waals surface area (Å²) >= 11 is 0. The summed E-state index contributed by atoms with van der Waals surface area (Å²) in [4.78, 5) is 9.04. The smallest absolute Gasteiger partial charge is 0.193 e. The van der Waals surface area contributed by atoms with Gasteiger partial charge in [-0.05, 0) is 36.6 Å². The number of hydrogen-bond acceptors (Lipinski definition) is 4. The summed E-state index contributed by atoms with van der Waals surface area (Å²) in [6.45, 7) is 7.33. The van der Waals surface area contributed by atoms with Gasteiger partial charge >= 0.3 is 0 Å². The topological polar surface area (TPSA) is 49.3 Å². The molecule has 3 heterocycles. The van der Waals surface area contributed by atoms with Crippen LogP contribution in [0.25, 0.3) is 0 Å². The zero-order valence-corrected chi connectivity index (χ0v) is 16.0. The molecule has 0 radical (unpaired) electrons. The zero-order valence-electron chi connectivity index (χ0n) is 16.0. The average Bonchev–Trinajstić information content (AvgIpc) is 3.33. The maximum atomic E-state index is 13.9. The van der Waals surface area contributed by atoms with E-state index in [1.807, 2.05) is 13.1 Å². The molecule has 6 nitrogen and oxygen atoms in total. The van der Waals surface area contributed by atoms with Crippen LogP contribution in [0.3, 0.4) is 0 Å². The van der Waals surface area contributed by atoms with E-state index in [-0.39, 0.29) is 11.2 Å². The molecule has 0 saturated carbocycles. The Kier molecular flexibility index (Phi) is 5.50. The van der Waals surface area contributed by atoms with E-state index in [4.69, 9.17) is 9.47 Å². The quantitative estimate of drug-likeness (QED) is 0.645. The zero-order chi connectivity index (χ0) is 18.7. The first-order valence-electron chi connectivity index (χ1n) is 9.84. The van der Waals surface area contributed by atoms with Gasteiger partial charge in [-0.3, -0.25) is 4.99 Å². The number of nitrogens with one attached hydrogen (secondary N) is 1. The van der Waals surface area contributed by atoms with Crippen LogP contribution in [0.4, 0.5) is 10.1 Å². The number of anilines is 1. The van der Waals surface area contributed by atoms with Gasteiger partial charge in [-0.25, -0.2) is 4.39 Å². The van der Waals surface area contributed by atoms with Crippen molar-refractivity contribution in [3.05, 3.63) is 29.6 Å². The van der Waals surface area contributed by atoms with Gasteiger partial charge in [0.05, 0.1) is 19.8 Å². The monoisotopic (exact) mass is 376 g/mol. The van der Waals surface area contributed by atoms with Gasteiger partial charge in [0.1, 0.15) is 5.82 Å². The SMILES string of the molecule is CN=C(NCc1cc(F)ccc1N1CCOCC1)N1CCC2(CCOC2)C1. The molecular weight excluding hydrogens is 347 g/mol. The van der Waals surface area contributed by atoms with Gasteiger partial charge in [-0.1, -0.05) is 0 Å². The number of halogens is 1. The van der Waals surface area contributed by atoms with E-state index in [9.17, 15) is 4.39 Å². The Labute approximate surface area is 160 Å². The molecule has 1 N–H and O–H groups in total. The summed E-state index contributed by atoms with van der Waals surface area (Å²) in [5.74, 6) is 0.679. The second kappa shape index (κ2) is 8.02. The van der Waals surface area contributed by atoms with Crippen molar-refractivity contribution < 1.29 is 13.9 Å². The average molecular weight is 376 g/mol. The largest absolute Gasteiger partial charge is 0.381 e. The summed E-state index contributed by atoms with van der Waals surface area (Å²) in [5, 5.41) is 3.45. The summed E-state index contributed by atoms with van der Waals surface area (Å²) in [6.07, 6.45) is 2.28. The fourth-order valence-electron chi connectivity index (χ4n) is 4.40. The summed E-state index contributed by atoms with van der Waals surface area (Å²) in [7, 11) is 1.81. The van der Waals surface area contributed by atoms with Crippen LogP contribution >= 0.6 is 0 Å². The Morgan fingerprint density at radius 1 is 1.19 bits per heavy atom. The van der Waals surface area contributed by atoms with E-state index in [0.717, 1.165) is 69.4 Å². The number of ether oxygens (including phenoxy) is 2. The molecule has 3 saturated heterocycles. The van der Waals surface area contributed by atoms with Crippen molar-refractivity contribution in [3.8, 4) is 0 Å². The van der Waals surface area contributed by atoms with Gasteiger partial charge < -0.3 is 24.6 Å². The first-order valence-corrected chi connectivity index (χ1v) is 9.84. The molecule has 0 aromatic heterocycles. The molecule has 1 atom stereocenters. The summed E-state index contributed by atoms with van der Waals surface area (Å²) in [6, 6.07) is 5.04. The number of morpholine rings is 1. The number of benzene rings is 1. The molecule has 3 fully saturated rings. The third kappa shape index (κ3) is 4.04. The number of rotatable bonds is 3. The lowest BCUT2D eigenvalue weighted by Crippen LogP contribution is -2.41. The maximum Gasteiger partial charge on any atom is 0.193 e. The molecular formula is C20H29FN4O2. The highest BCUT2D eigenvalue weighted by molar-refractivity contribution is 5.80. The number of hydrogen-bond donors (Lipinski definition) is 1. The van der Waals surface area contributed by atoms with Gasteiger partial charge in [0.15, 0.2) is 5.96 Å². The molecule has 0 amide bonds. The van der Waals surface area contributed by atoms with Crippen LogP contribution in [0.2, 0.25) is 0 Å². The molecule has 1 aromatic rings. The van der Waals surface area contributed by atoms with Crippen molar-refractivity contribution in [2.24, 2.45) is 10.4 Å². The minimum absolute atomic E-state index is 0.206. The molecule has 4 rings (SSSR count). The van der Waals surface area contributed by atoms with Gasteiger partial charge in [0, 0.05) is 57.5 Å². The Morgan fingerprint density at radius 2 is 2.04 bits per heavy atom. The minimum Gasteiger partial charge on any atom is -0.381 e. The molecule has 0 aliphatic carbocycles. The van der Waals surface area contributed by atoms with E-state index >= 15 is 0 Å². The molecule has 3 aliphatic heterocycles. The maximum absolute atomic E-state index is 13.9. The van der Waals surface area contributed by atoms with E-state index < -0.39 is 0 Å². The first-order chi connectivity index (χ1) is 13.2. The Morgan fingerprint density at radius 3 is 2.78 bits per heavy atom. The molecule has 1 unspecified atom stereocenters. The summed E-state index contributed by atoms with van der Waals surface area (Å²) < 4.78 is 25.0. The van der Waals surface area contributed by atoms with Crippen LogP contribution in [-0.4, -0.2) is 70.5 Å². The predicted octanol–water partition coefficient (Wildman–Crippen LogP) is 1.85. The highest BCUT2D eigenvalue weighted by atomic mass is 19.1. The molecule has 27 heavy (non-hydrogen) atoms. The molecule has 7 heteroatoms. The van der Waals surface area contributed by atoms with Crippen LogP contribution in [0, 0.1) is 11.2 Å². The fourth-order valence-corrected chi connectivity index (χ4v) is 4.40. The molecule has 0 bridgehead atoms. The highest BCUT2D eigenvalue weighted by Crippen LogP contribution is 2.38. The van der Waals surface area contributed by atoms with Crippen molar-refractivity contribution in [1.82, 2.24) is 10.2 Å². The third-order valence-electron chi connectivity index (χ3n) is 5.96. The van der Waals surface area contributed by atoms with Crippen LogP contribution in [0.1, 0.15) is 18.4 Å². The second-order valence-electron chi connectivity index (χ2n) is 7.75. The number of nitrogens with zero attached hydrogens (tertiary/aromatic N) is 3. The van der Waals surface area contributed by atoms with Gasteiger partial charge in [0.25, 0.3) is 0 Å². The van der Waals surface area contributed by atoms with Gasteiger partial charge in [0.2, 0.25) is 0 Å². The van der Waals surface area contributed by atoms with E-state index in [1.54, 1.807) is 6.07 Å². The lowest BCUT2D eigenvalue weighted by Gasteiger charge is -2.31. The van der Waals surface area contributed by atoms with Crippen LogP contribution in [-0.2, 0) is 16.0 Å². The van der Waals surface area contributed by atoms with E-state index in [2.05, 4.69) is 20.1 Å². The van der Waals surface area contributed by atoms with Crippen molar-refractivity contribution >= 4 is 11.6 Å². The molecule has 3 aliphatic rings. The third-order valence-corrected chi connectivity index (χ3v) is 5.96. The Bertz CT molecular complexity index is 685. The number of likely N-dealkylation sites (tertiary alicyclic amines) is 1. The van der Waals surface area contributed by atoms with Gasteiger partial charge in [-0.15, -0.1) is 0 Å². The van der Waals surface area contributed by atoms with Crippen molar-refractivity contribution in [2.75, 3.05) is 64.6 Å². The Hall–Kier alpha value is -1.86. The molecule has 1 spiro atoms. The lowest BCUT2D eigenvalue weighted by atomic mass is 9.87. The van der Waals surface area contributed by atoms with Crippen molar-refractivity contribution in [1.29, 1.82) is 0 Å². The number of aliphatic imine (C=N–C) groups is 1. The van der Waals surface area contributed by atoms with E-state index in [1.165, 1.54) is 6.07 Å². The standard InChI is InChI=1S/C20H29FN4O2/c1-22-19(25-6-4-20(14-25)5-9-27-15-20)23-13-16-12-17(21)2-3-18(16)24-7-10-26-11-8-24/h2-3,12H,4-11,13-15H2,1H3,(H,22,23). The number of guanidine groups is 1. The highest BCUT2D eigenvalue weighted by Gasteiger charge is 2.42. The van der Waals surface area contributed by atoms with Crippen LogP contribution in [0.5, 0.6) is 0 Å². The molecule has 148 valence electrons. The Balaban J connectivity index is 1.43.